The predicted molar refractivity (Wildman–Crippen MR) is 139 cm³/mol. The molecule has 2 heterocycles. The second-order valence-corrected chi connectivity index (χ2v) is 10.6. The molecule has 9 N–H and O–H groups in total. The summed E-state index contributed by atoms with van der Waals surface area (Å²) in [5.74, 6) is -3.96. The van der Waals surface area contributed by atoms with Gasteiger partial charge in [-0.1, -0.05) is 6.07 Å². The van der Waals surface area contributed by atoms with Gasteiger partial charge in [0, 0.05) is 20.5 Å². The molecule has 0 aliphatic carbocycles. The quantitative estimate of drug-likeness (QED) is 0.122. The number of phenolic OH excluding ortho intramolecular Hbond substituents is 2. The number of carbonyl (C=O) groups is 3. The molecule has 2 fully saturated rings. The van der Waals surface area contributed by atoms with Crippen molar-refractivity contribution in [2.45, 2.75) is 93.9 Å². The molecule has 1 aromatic carbocycles. The summed E-state index contributed by atoms with van der Waals surface area (Å²) >= 11 is 0. The minimum absolute atomic E-state index is 0.255. The molecule has 2 aliphatic heterocycles. The summed E-state index contributed by atoms with van der Waals surface area (Å²) < 4.78 is 22.3. The van der Waals surface area contributed by atoms with Gasteiger partial charge in [0.2, 0.25) is 5.91 Å². The Morgan fingerprint density at radius 2 is 1.69 bits per heavy atom. The number of phenols is 2. The molecule has 0 radical (unpaired) electrons. The van der Waals surface area contributed by atoms with Gasteiger partial charge in [0.05, 0.1) is 18.8 Å². The van der Waals surface area contributed by atoms with Gasteiger partial charge in [0.25, 0.3) is 5.91 Å². The molecule has 2 saturated heterocycles. The van der Waals surface area contributed by atoms with E-state index < -0.39 is 103 Å². The molecule has 2 aliphatic rings. The Bertz CT molecular complexity index is 1140. The minimum Gasteiger partial charge on any atom is -0.504 e. The van der Waals surface area contributed by atoms with Crippen LogP contribution in [0.3, 0.4) is 0 Å². The van der Waals surface area contributed by atoms with Crippen molar-refractivity contribution in [1.82, 2.24) is 10.6 Å². The van der Waals surface area contributed by atoms with Crippen molar-refractivity contribution in [2.75, 3.05) is 13.7 Å². The van der Waals surface area contributed by atoms with Gasteiger partial charge in [0.1, 0.15) is 42.2 Å². The molecule has 11 atom stereocenters. The van der Waals surface area contributed by atoms with Crippen LogP contribution in [0.5, 0.6) is 11.5 Å². The molecule has 16 nitrogen and oxygen atoms in total. The number of carboxylic acids is 1. The van der Waals surface area contributed by atoms with Gasteiger partial charge >= 0.3 is 5.97 Å². The van der Waals surface area contributed by atoms with Crippen molar-refractivity contribution >= 4 is 17.8 Å². The lowest BCUT2D eigenvalue weighted by Crippen LogP contribution is -2.68. The summed E-state index contributed by atoms with van der Waals surface area (Å²) in [6.45, 7) is 3.34. The van der Waals surface area contributed by atoms with Crippen LogP contribution in [0.25, 0.3) is 0 Å². The predicted octanol–water partition coefficient (Wildman–Crippen LogP) is -2.91. The lowest BCUT2D eigenvalue weighted by Gasteiger charge is -2.47. The Labute approximate surface area is 240 Å². The van der Waals surface area contributed by atoms with Crippen LogP contribution in [0.15, 0.2) is 18.2 Å². The van der Waals surface area contributed by atoms with E-state index in [-0.39, 0.29) is 12.0 Å². The largest absolute Gasteiger partial charge is 0.504 e. The maximum Gasteiger partial charge on any atom is 0.329 e. The highest BCUT2D eigenvalue weighted by atomic mass is 16.7. The summed E-state index contributed by atoms with van der Waals surface area (Å²) in [7, 11) is 1.13. The van der Waals surface area contributed by atoms with Gasteiger partial charge in [-0.05, 0) is 31.5 Å². The van der Waals surface area contributed by atoms with Crippen LogP contribution in [0.4, 0.5) is 0 Å². The topological polar surface area (TPSA) is 254 Å². The summed E-state index contributed by atoms with van der Waals surface area (Å²) in [6.07, 6.45) is -13.8. The molecular weight excluding hydrogens is 564 g/mol. The zero-order valence-electron chi connectivity index (χ0n) is 23.4. The number of nitrogens with one attached hydrogen (secondary N) is 2. The van der Waals surface area contributed by atoms with Crippen molar-refractivity contribution in [1.29, 1.82) is 0 Å². The van der Waals surface area contributed by atoms with E-state index in [0.717, 1.165) is 19.2 Å². The molecular formula is C26H38N2O14. The van der Waals surface area contributed by atoms with E-state index in [1.165, 1.54) is 19.9 Å². The van der Waals surface area contributed by atoms with Gasteiger partial charge in [0.15, 0.2) is 23.9 Å². The minimum atomic E-state index is -1.99. The molecule has 2 amide bonds. The Hall–Kier alpha value is -3.09. The van der Waals surface area contributed by atoms with Gasteiger partial charge in [-0.2, -0.15) is 0 Å². The number of ether oxygens (including phenoxy) is 4. The van der Waals surface area contributed by atoms with Crippen molar-refractivity contribution in [2.24, 2.45) is 0 Å². The highest BCUT2D eigenvalue weighted by molar-refractivity contribution is 5.89. The fourth-order valence-electron chi connectivity index (χ4n) is 5.06. The number of benzene rings is 1. The molecule has 42 heavy (non-hydrogen) atoms. The zero-order chi connectivity index (χ0) is 31.5. The van der Waals surface area contributed by atoms with Crippen molar-refractivity contribution in [3.63, 3.8) is 0 Å². The maximum atomic E-state index is 13.4. The molecule has 0 saturated carbocycles. The van der Waals surface area contributed by atoms with Crippen LogP contribution in [0, 0.1) is 0 Å². The van der Waals surface area contributed by atoms with Crippen LogP contribution in [-0.4, -0.2) is 134 Å². The number of aliphatic hydroxyl groups excluding tert-OH is 4. The number of hydrogen-bond donors (Lipinski definition) is 9. The standard InChI is InChI=1S/C26H38N2O14/c1-10-16(27-11(2)30)20(17(33)15(9-29)40-10)41-24-19(35)18(34)21(39-4)22(42-24)23(36)28-26(3,25(37)38)8-12-5-6-13(31)14(32)7-12/h5-7,10,15-22,24,29,31-35H,8-9H2,1-4H3,(H,27,30)(H,28,36)(H,37,38)/t10-,15?,16?,17+,18?,19?,20?,21-,22?,24+,26+/m0/s1. The third kappa shape index (κ3) is 7.09. The average molecular weight is 603 g/mol. The Kier molecular flexibility index (Phi) is 10.7. The van der Waals surface area contributed by atoms with E-state index >= 15 is 0 Å². The number of carbonyl (C=O) groups excluding carboxylic acids is 2. The lowest BCUT2D eigenvalue weighted by molar-refractivity contribution is -0.325. The second-order valence-electron chi connectivity index (χ2n) is 10.6. The number of aliphatic carboxylic acids is 1. The molecule has 3 rings (SSSR count). The molecule has 0 bridgehead atoms. The first-order valence-corrected chi connectivity index (χ1v) is 13.1. The molecule has 0 spiro atoms. The lowest BCUT2D eigenvalue weighted by atomic mass is 9.91. The summed E-state index contributed by atoms with van der Waals surface area (Å²) in [5, 5.41) is 76.2. The number of rotatable bonds is 10. The maximum absolute atomic E-state index is 13.4. The summed E-state index contributed by atoms with van der Waals surface area (Å²) in [6, 6.07) is 2.64. The zero-order valence-corrected chi connectivity index (χ0v) is 23.4. The monoisotopic (exact) mass is 602 g/mol. The Morgan fingerprint density at radius 1 is 1.02 bits per heavy atom. The number of aromatic hydroxyl groups is 2. The third-order valence-corrected chi connectivity index (χ3v) is 7.35. The molecule has 0 aromatic heterocycles. The normalized spacial score (nSPS) is 34.7. The molecule has 6 unspecified atom stereocenters. The highest BCUT2D eigenvalue weighted by Crippen LogP contribution is 2.31. The van der Waals surface area contributed by atoms with Gasteiger partial charge in [-0.25, -0.2) is 4.79 Å². The molecule has 236 valence electrons. The van der Waals surface area contributed by atoms with Crippen LogP contribution >= 0.6 is 0 Å². The van der Waals surface area contributed by atoms with E-state index in [4.69, 9.17) is 18.9 Å². The fraction of sp³-hybridized carbons (Fsp3) is 0.654. The smallest absolute Gasteiger partial charge is 0.329 e. The first-order chi connectivity index (χ1) is 19.6. The average Bonchev–Trinajstić information content (AvgIpc) is 2.91. The van der Waals surface area contributed by atoms with E-state index in [0.29, 0.717) is 0 Å². The number of carboxylic acid groups (broad SMARTS) is 1. The van der Waals surface area contributed by atoms with E-state index in [1.807, 2.05) is 0 Å². The first kappa shape index (κ1) is 33.4. The van der Waals surface area contributed by atoms with E-state index in [2.05, 4.69) is 10.6 Å². The molecule has 16 heteroatoms. The SMILES string of the molecule is CO[C@@H]1C(C(=O)N[C@](C)(Cc2ccc(O)c(O)c2)C(=O)O)O[C@@H](OC2C(NC(C)=O)[C@H](C)OC(CO)[C@H]2O)C(O)C1O. The van der Waals surface area contributed by atoms with Crippen molar-refractivity contribution in [3.05, 3.63) is 23.8 Å². The number of methoxy groups -OCH3 is 1. The van der Waals surface area contributed by atoms with Crippen molar-refractivity contribution < 1.29 is 69.1 Å². The van der Waals surface area contributed by atoms with Crippen LogP contribution in [0.1, 0.15) is 26.3 Å². The first-order valence-electron chi connectivity index (χ1n) is 13.1. The Morgan fingerprint density at radius 3 is 2.24 bits per heavy atom. The van der Waals surface area contributed by atoms with E-state index in [9.17, 15) is 50.1 Å². The van der Waals surface area contributed by atoms with Crippen LogP contribution < -0.4 is 10.6 Å². The number of amides is 2. The third-order valence-electron chi connectivity index (χ3n) is 7.35. The summed E-state index contributed by atoms with van der Waals surface area (Å²) in [4.78, 5) is 37.5. The van der Waals surface area contributed by atoms with E-state index in [1.54, 1.807) is 6.92 Å². The van der Waals surface area contributed by atoms with Crippen molar-refractivity contribution in [3.8, 4) is 11.5 Å². The Balaban J connectivity index is 1.87. The van der Waals surface area contributed by atoms with Gasteiger partial charge in [-0.15, -0.1) is 0 Å². The number of aliphatic hydroxyl groups is 4. The summed E-state index contributed by atoms with van der Waals surface area (Å²) in [5.41, 5.74) is -1.73. The number of hydrogen-bond acceptors (Lipinski definition) is 13. The second kappa shape index (κ2) is 13.5. The van der Waals surface area contributed by atoms with Crippen LogP contribution in [-0.2, 0) is 39.8 Å². The van der Waals surface area contributed by atoms with Crippen LogP contribution in [0.2, 0.25) is 0 Å². The highest BCUT2D eigenvalue weighted by Gasteiger charge is 2.53. The van der Waals surface area contributed by atoms with Gasteiger partial charge in [-0.3, -0.25) is 9.59 Å². The van der Waals surface area contributed by atoms with Gasteiger partial charge < -0.3 is 65.3 Å². The molecule has 1 aromatic rings. The fourth-order valence-corrected chi connectivity index (χ4v) is 5.06.